The van der Waals surface area contributed by atoms with Crippen LogP contribution < -0.4 is 18.9 Å². The Morgan fingerprint density at radius 2 is 1.52 bits per heavy atom. The number of hydrogen-bond acceptors (Lipinski definition) is 11. The Morgan fingerprint density at radius 1 is 0.891 bits per heavy atom. The summed E-state index contributed by atoms with van der Waals surface area (Å²) in [5.41, 5.74) is -1.59. The summed E-state index contributed by atoms with van der Waals surface area (Å²) in [6, 6.07) is 4.22. The Bertz CT molecular complexity index is 1840. The molecule has 2 aromatic heterocycles. The third-order valence-corrected chi connectivity index (χ3v) is 8.03. The summed E-state index contributed by atoms with van der Waals surface area (Å²) in [6.45, 7) is 2.72. The molecule has 4 rings (SSSR count). The second kappa shape index (κ2) is 14.0. The molecule has 0 radical (unpaired) electrons. The molecule has 0 aliphatic heterocycles. The first kappa shape index (κ1) is 34.0. The van der Waals surface area contributed by atoms with E-state index in [2.05, 4.69) is 9.97 Å². The largest absolute Gasteiger partial charge is 0.493 e. The van der Waals surface area contributed by atoms with Crippen LogP contribution in [0.15, 0.2) is 24.4 Å². The van der Waals surface area contributed by atoms with E-state index in [-0.39, 0.29) is 88.9 Å². The van der Waals surface area contributed by atoms with Crippen LogP contribution in [-0.2, 0) is 9.59 Å². The van der Waals surface area contributed by atoms with Crippen molar-refractivity contribution in [1.82, 2.24) is 9.97 Å². The second-order valence-electron chi connectivity index (χ2n) is 10.7. The Balaban J connectivity index is 1.44. The fraction of sp³-hybridized carbons (Fsp3) is 0.355. The number of fused-ring (bicyclic) bond motifs is 2. The molecule has 2 aromatic carbocycles. The van der Waals surface area contributed by atoms with Gasteiger partial charge in [0.05, 0.1) is 55.9 Å². The van der Waals surface area contributed by atoms with E-state index in [1.165, 1.54) is 46.3 Å². The molecule has 2 N–H and O–H groups in total. The topological polar surface area (TPSA) is 171 Å². The highest BCUT2D eigenvalue weighted by Gasteiger charge is 2.31. The molecule has 2 heterocycles. The Hall–Kier alpha value is -4.92. The minimum atomic E-state index is -1.29. The summed E-state index contributed by atoms with van der Waals surface area (Å²) in [5, 5.41) is 18.2. The van der Waals surface area contributed by atoms with Crippen molar-refractivity contribution in [3.63, 3.8) is 0 Å². The Labute approximate surface area is 264 Å². The molecular weight excluding hydrogens is 630 g/mol. The van der Waals surface area contributed by atoms with Gasteiger partial charge in [-0.3, -0.25) is 19.2 Å². The van der Waals surface area contributed by atoms with Crippen molar-refractivity contribution in [2.75, 3.05) is 27.4 Å². The van der Waals surface area contributed by atoms with Crippen LogP contribution >= 0.6 is 11.3 Å². The molecule has 0 amide bonds. The number of thiophene rings is 1. The van der Waals surface area contributed by atoms with E-state index in [4.69, 9.17) is 24.1 Å². The van der Waals surface area contributed by atoms with E-state index in [1.807, 2.05) is 0 Å². The van der Waals surface area contributed by atoms with Crippen LogP contribution in [0.4, 0.5) is 8.78 Å². The number of Topliss-reactive ketones (excluding diaryl/α,β-unsaturated/α-hetero) is 2. The number of methoxy groups -OCH3 is 2. The number of aromatic nitrogens is 2. The number of halogens is 2. The monoisotopic (exact) mass is 660 g/mol. The van der Waals surface area contributed by atoms with Crippen LogP contribution in [0.2, 0.25) is 0 Å². The Morgan fingerprint density at radius 3 is 2.13 bits per heavy atom. The molecule has 0 spiro atoms. The third-order valence-electron chi connectivity index (χ3n) is 6.91. The maximum atomic E-state index is 15.5. The van der Waals surface area contributed by atoms with Crippen LogP contribution in [0, 0.1) is 17.0 Å². The van der Waals surface area contributed by atoms with Crippen LogP contribution in [0.1, 0.15) is 59.7 Å². The van der Waals surface area contributed by atoms with Crippen molar-refractivity contribution >= 4 is 56.0 Å². The first-order valence-corrected chi connectivity index (χ1v) is 14.7. The van der Waals surface area contributed by atoms with Crippen LogP contribution in [0.5, 0.6) is 23.0 Å². The smallest absolute Gasteiger partial charge is 0.309 e. The lowest BCUT2D eigenvalue weighted by molar-refractivity contribution is -0.146. The highest BCUT2D eigenvalue weighted by atomic mass is 32.1. The van der Waals surface area contributed by atoms with Gasteiger partial charge in [-0.15, -0.1) is 11.3 Å². The van der Waals surface area contributed by atoms with Gasteiger partial charge in [0.1, 0.15) is 11.2 Å². The Kier molecular flexibility index (Phi) is 10.4. The summed E-state index contributed by atoms with van der Waals surface area (Å²) >= 11 is 1.02. The SMILES string of the molecule is COc1cc2sc(C(=O)CC(C)(C)C(=O)O)cc2c(F)c1OCCCOc1c(OC)cc2nc(C(=O)CCC(=O)O)cnc2c1F. The number of carbonyl (C=O) groups is 4. The maximum absolute atomic E-state index is 15.5. The summed E-state index contributed by atoms with van der Waals surface area (Å²) in [5.74, 6) is -5.31. The van der Waals surface area contributed by atoms with Gasteiger partial charge in [-0.05, 0) is 19.9 Å². The highest BCUT2D eigenvalue weighted by Crippen LogP contribution is 2.41. The number of carboxylic acids is 2. The quantitative estimate of drug-likeness (QED) is 0.111. The van der Waals surface area contributed by atoms with Gasteiger partial charge >= 0.3 is 11.9 Å². The molecule has 0 saturated carbocycles. The van der Waals surface area contributed by atoms with E-state index in [1.54, 1.807) is 0 Å². The van der Waals surface area contributed by atoms with Crippen molar-refractivity contribution < 1.29 is 57.1 Å². The van der Waals surface area contributed by atoms with Gasteiger partial charge in [0.2, 0.25) is 0 Å². The number of hydrogen-bond donors (Lipinski definition) is 2. The van der Waals surface area contributed by atoms with E-state index < -0.39 is 40.6 Å². The van der Waals surface area contributed by atoms with Crippen molar-refractivity contribution in [2.45, 2.75) is 39.5 Å². The lowest BCUT2D eigenvalue weighted by atomic mass is 9.87. The number of ketones is 2. The van der Waals surface area contributed by atoms with Gasteiger partial charge in [0.15, 0.2) is 46.2 Å². The normalized spacial score (nSPS) is 11.4. The number of rotatable bonds is 16. The number of nitrogens with zero attached hydrogens (tertiary/aromatic N) is 2. The molecule has 0 atom stereocenters. The standard InChI is InChI=1S/C31H30F2N2O10S/c1-31(2,30(40)41)13-19(37)23-10-15-22(46-23)12-21(43-4)28(25(15)32)44-8-5-9-45-29-20(42-3)11-16-27(26(29)33)34-14-17(35-16)18(36)6-7-24(38)39/h10-12,14H,5-9,13H2,1-4H3,(H,38,39)(H,40,41). The molecule has 0 bridgehead atoms. The minimum Gasteiger partial charge on any atom is -0.493 e. The predicted molar refractivity (Wildman–Crippen MR) is 162 cm³/mol. The zero-order valence-electron chi connectivity index (χ0n) is 25.3. The van der Waals surface area contributed by atoms with Gasteiger partial charge in [-0.1, -0.05) is 0 Å². The third kappa shape index (κ3) is 7.30. The number of carbonyl (C=O) groups excluding carboxylic acids is 2. The number of ether oxygens (including phenoxy) is 4. The fourth-order valence-electron chi connectivity index (χ4n) is 4.34. The predicted octanol–water partition coefficient (Wildman–Crippen LogP) is 5.72. The molecule has 244 valence electrons. The molecule has 12 nitrogen and oxygen atoms in total. The zero-order chi connectivity index (χ0) is 33.8. The molecule has 46 heavy (non-hydrogen) atoms. The summed E-state index contributed by atoms with van der Waals surface area (Å²) < 4.78 is 53.1. The molecular formula is C31H30F2N2O10S. The van der Waals surface area contributed by atoms with Crippen LogP contribution in [0.25, 0.3) is 21.1 Å². The van der Waals surface area contributed by atoms with Gasteiger partial charge < -0.3 is 29.2 Å². The van der Waals surface area contributed by atoms with Gasteiger partial charge in [-0.2, -0.15) is 0 Å². The summed E-state index contributed by atoms with van der Waals surface area (Å²) in [4.78, 5) is 55.4. The first-order valence-electron chi connectivity index (χ1n) is 13.9. The summed E-state index contributed by atoms with van der Waals surface area (Å²) in [6.07, 6.45) is 0.291. The number of carboxylic acid groups (broad SMARTS) is 2. The van der Waals surface area contributed by atoms with Gasteiger partial charge in [-0.25, -0.2) is 18.7 Å². The first-order chi connectivity index (χ1) is 21.8. The van der Waals surface area contributed by atoms with Crippen molar-refractivity contribution in [1.29, 1.82) is 0 Å². The fourth-order valence-corrected chi connectivity index (χ4v) is 5.37. The average molecular weight is 661 g/mol. The van der Waals surface area contributed by atoms with E-state index >= 15 is 8.78 Å². The highest BCUT2D eigenvalue weighted by molar-refractivity contribution is 7.20. The molecule has 0 unspecified atom stereocenters. The maximum Gasteiger partial charge on any atom is 0.309 e. The lowest BCUT2D eigenvalue weighted by Crippen LogP contribution is -2.26. The molecule has 0 aliphatic carbocycles. The molecule has 0 fully saturated rings. The lowest BCUT2D eigenvalue weighted by Gasteiger charge is -2.16. The molecule has 4 aromatic rings. The van der Waals surface area contributed by atoms with E-state index in [0.29, 0.717) is 4.70 Å². The van der Waals surface area contributed by atoms with Gasteiger partial charge in [0, 0.05) is 41.5 Å². The molecule has 15 heteroatoms. The second-order valence-corrected chi connectivity index (χ2v) is 11.8. The van der Waals surface area contributed by atoms with Crippen molar-refractivity contribution in [3.8, 4) is 23.0 Å². The average Bonchev–Trinajstić information content (AvgIpc) is 3.45. The van der Waals surface area contributed by atoms with Crippen molar-refractivity contribution in [2.24, 2.45) is 5.41 Å². The molecule has 0 saturated heterocycles. The van der Waals surface area contributed by atoms with Crippen molar-refractivity contribution in [3.05, 3.63) is 46.6 Å². The van der Waals surface area contributed by atoms with Gasteiger partial charge in [0.25, 0.3) is 0 Å². The van der Waals surface area contributed by atoms with E-state index in [9.17, 15) is 24.3 Å². The zero-order valence-corrected chi connectivity index (χ0v) is 26.1. The number of benzene rings is 2. The van der Waals surface area contributed by atoms with Crippen LogP contribution in [-0.4, -0.2) is 71.1 Å². The number of aliphatic carboxylic acids is 2. The summed E-state index contributed by atoms with van der Waals surface area (Å²) in [7, 11) is 2.62. The minimum absolute atomic E-state index is 0.00746. The molecule has 0 aliphatic rings. The van der Waals surface area contributed by atoms with E-state index in [0.717, 1.165) is 17.5 Å². The van der Waals surface area contributed by atoms with Crippen LogP contribution in [0.3, 0.4) is 0 Å².